The van der Waals surface area contributed by atoms with Gasteiger partial charge in [0.15, 0.2) is 0 Å². The van der Waals surface area contributed by atoms with Crippen LogP contribution < -0.4 is 0 Å². The van der Waals surface area contributed by atoms with Crippen LogP contribution in [0.5, 0.6) is 0 Å². The van der Waals surface area contributed by atoms with E-state index >= 15 is 0 Å². The van der Waals surface area contributed by atoms with Crippen molar-refractivity contribution in [3.8, 4) is 0 Å². The van der Waals surface area contributed by atoms with Gasteiger partial charge in [-0.25, -0.2) is 0 Å². The number of ether oxygens (including phenoxy) is 1. The van der Waals surface area contributed by atoms with Crippen molar-refractivity contribution in [3.63, 3.8) is 0 Å². The van der Waals surface area contributed by atoms with Crippen LogP contribution in [0.3, 0.4) is 0 Å². The van der Waals surface area contributed by atoms with Gasteiger partial charge in [-0.1, -0.05) is 17.7 Å². The molecule has 2 aromatic rings. The summed E-state index contributed by atoms with van der Waals surface area (Å²) in [6, 6.07) is 6.02. The number of halogens is 1. The molecule has 2 nitrogen and oxygen atoms in total. The molecule has 1 aromatic heterocycles. The minimum Gasteiger partial charge on any atom is -0.374 e. The second-order valence-electron chi connectivity index (χ2n) is 4.43. The minimum absolute atomic E-state index is 0.234. The maximum atomic E-state index is 6.28. The summed E-state index contributed by atoms with van der Waals surface area (Å²) in [5.74, 6) is 0. The molecular formula is C14H18ClNO. The molecule has 1 heterocycles. The second-order valence-corrected chi connectivity index (χ2v) is 4.84. The van der Waals surface area contributed by atoms with Gasteiger partial charge in [0, 0.05) is 29.2 Å². The molecular weight excluding hydrogens is 234 g/mol. The predicted octanol–water partition coefficient (Wildman–Crippen LogP) is 4.24. The Morgan fingerprint density at radius 3 is 2.76 bits per heavy atom. The standard InChI is InChI=1S/C14H18ClNO/c1-4-16-8-11(9-17-10(2)3)14-12(15)6-5-7-13(14)16/h5-8,10H,4,9H2,1-3H3. The van der Waals surface area contributed by atoms with Crippen molar-refractivity contribution >= 4 is 22.5 Å². The zero-order chi connectivity index (χ0) is 12.4. The lowest BCUT2D eigenvalue weighted by Crippen LogP contribution is -2.01. The summed E-state index contributed by atoms with van der Waals surface area (Å²) >= 11 is 6.28. The Hall–Kier alpha value is -0.990. The van der Waals surface area contributed by atoms with E-state index in [-0.39, 0.29) is 6.10 Å². The minimum atomic E-state index is 0.234. The highest BCUT2D eigenvalue weighted by Gasteiger charge is 2.11. The van der Waals surface area contributed by atoms with Crippen molar-refractivity contribution in [2.45, 2.75) is 40.0 Å². The Morgan fingerprint density at radius 1 is 1.35 bits per heavy atom. The molecule has 3 heteroatoms. The molecule has 0 fully saturated rings. The molecule has 0 N–H and O–H groups in total. The van der Waals surface area contributed by atoms with Crippen molar-refractivity contribution in [2.24, 2.45) is 0 Å². The highest BCUT2D eigenvalue weighted by atomic mass is 35.5. The van der Waals surface area contributed by atoms with Crippen molar-refractivity contribution in [1.29, 1.82) is 0 Å². The van der Waals surface area contributed by atoms with E-state index in [9.17, 15) is 0 Å². The van der Waals surface area contributed by atoms with E-state index in [0.29, 0.717) is 6.61 Å². The van der Waals surface area contributed by atoms with Gasteiger partial charge in [-0.2, -0.15) is 0 Å². The van der Waals surface area contributed by atoms with Gasteiger partial charge in [0.2, 0.25) is 0 Å². The molecule has 0 spiro atoms. The summed E-state index contributed by atoms with van der Waals surface area (Å²) in [6.45, 7) is 7.78. The first-order chi connectivity index (χ1) is 8.13. The van der Waals surface area contributed by atoms with Crippen LogP contribution in [0.15, 0.2) is 24.4 Å². The van der Waals surface area contributed by atoms with Gasteiger partial charge in [-0.15, -0.1) is 0 Å². The molecule has 0 aliphatic heterocycles. The fraction of sp³-hybridized carbons (Fsp3) is 0.429. The van der Waals surface area contributed by atoms with E-state index in [1.165, 1.54) is 11.1 Å². The lowest BCUT2D eigenvalue weighted by molar-refractivity contribution is 0.0663. The Morgan fingerprint density at radius 2 is 2.12 bits per heavy atom. The third-order valence-electron chi connectivity index (χ3n) is 2.85. The molecule has 17 heavy (non-hydrogen) atoms. The van der Waals surface area contributed by atoms with E-state index in [1.54, 1.807) is 0 Å². The molecule has 1 aromatic carbocycles. The van der Waals surface area contributed by atoms with Crippen molar-refractivity contribution in [1.82, 2.24) is 4.57 Å². The number of fused-ring (bicyclic) bond motifs is 1. The van der Waals surface area contributed by atoms with Gasteiger partial charge >= 0.3 is 0 Å². The van der Waals surface area contributed by atoms with Gasteiger partial charge in [0.25, 0.3) is 0 Å². The third-order valence-corrected chi connectivity index (χ3v) is 3.16. The molecule has 0 atom stereocenters. The monoisotopic (exact) mass is 251 g/mol. The van der Waals surface area contributed by atoms with Crippen LogP contribution >= 0.6 is 11.6 Å². The molecule has 92 valence electrons. The number of nitrogens with zero attached hydrogens (tertiary/aromatic N) is 1. The second kappa shape index (κ2) is 5.11. The summed E-state index contributed by atoms with van der Waals surface area (Å²) in [5.41, 5.74) is 2.35. The van der Waals surface area contributed by atoms with Gasteiger partial charge < -0.3 is 9.30 Å². The van der Waals surface area contributed by atoms with Crippen molar-refractivity contribution in [2.75, 3.05) is 0 Å². The molecule has 0 amide bonds. The van der Waals surface area contributed by atoms with Crippen LogP contribution in [0.1, 0.15) is 26.3 Å². The lowest BCUT2D eigenvalue weighted by Gasteiger charge is -2.06. The van der Waals surface area contributed by atoms with Crippen LogP contribution in [0.4, 0.5) is 0 Å². The number of rotatable bonds is 4. The van der Waals surface area contributed by atoms with E-state index in [1.807, 2.05) is 26.0 Å². The normalized spacial score (nSPS) is 11.6. The average molecular weight is 252 g/mol. The number of benzene rings is 1. The Bertz CT molecular complexity index is 516. The fourth-order valence-electron chi connectivity index (χ4n) is 2.02. The Kier molecular flexibility index (Phi) is 3.75. The topological polar surface area (TPSA) is 14.2 Å². The summed E-state index contributed by atoms with van der Waals surface area (Å²) < 4.78 is 7.89. The molecule has 2 rings (SSSR count). The number of aryl methyl sites for hydroxylation is 1. The number of hydrogen-bond acceptors (Lipinski definition) is 1. The largest absolute Gasteiger partial charge is 0.374 e. The predicted molar refractivity (Wildman–Crippen MR) is 72.5 cm³/mol. The van der Waals surface area contributed by atoms with Gasteiger partial charge in [-0.3, -0.25) is 0 Å². The molecule has 0 aliphatic carbocycles. The van der Waals surface area contributed by atoms with Gasteiger partial charge in [0.1, 0.15) is 0 Å². The molecule has 0 saturated heterocycles. The number of hydrogen-bond donors (Lipinski definition) is 0. The maximum Gasteiger partial charge on any atom is 0.0741 e. The van der Waals surface area contributed by atoms with Crippen molar-refractivity contribution in [3.05, 3.63) is 35.0 Å². The zero-order valence-electron chi connectivity index (χ0n) is 10.5. The molecule has 0 saturated carbocycles. The summed E-state index contributed by atoms with van der Waals surface area (Å²) in [7, 11) is 0. The highest BCUT2D eigenvalue weighted by molar-refractivity contribution is 6.35. The Labute approximate surface area is 107 Å². The molecule has 0 unspecified atom stereocenters. The average Bonchev–Trinajstić information content (AvgIpc) is 2.66. The first-order valence-corrected chi connectivity index (χ1v) is 6.39. The van der Waals surface area contributed by atoms with Gasteiger partial charge in [0.05, 0.1) is 17.7 Å². The summed E-state index contributed by atoms with van der Waals surface area (Å²) in [5, 5.41) is 1.92. The number of aromatic nitrogens is 1. The first kappa shape index (κ1) is 12.5. The smallest absolute Gasteiger partial charge is 0.0741 e. The van der Waals surface area contributed by atoms with Crippen LogP contribution in [-0.4, -0.2) is 10.7 Å². The maximum absolute atomic E-state index is 6.28. The SMILES string of the molecule is CCn1cc(COC(C)C)c2c(Cl)cccc21. The summed E-state index contributed by atoms with van der Waals surface area (Å²) in [6.07, 6.45) is 2.37. The zero-order valence-corrected chi connectivity index (χ0v) is 11.3. The van der Waals surface area contributed by atoms with Crippen LogP contribution in [-0.2, 0) is 17.9 Å². The van der Waals surface area contributed by atoms with Gasteiger partial charge in [-0.05, 0) is 32.9 Å². The van der Waals surface area contributed by atoms with Crippen LogP contribution in [0, 0.1) is 0 Å². The van der Waals surface area contributed by atoms with E-state index < -0.39 is 0 Å². The van der Waals surface area contributed by atoms with E-state index in [2.05, 4.69) is 23.8 Å². The first-order valence-electron chi connectivity index (χ1n) is 6.01. The van der Waals surface area contributed by atoms with Crippen LogP contribution in [0.2, 0.25) is 5.02 Å². The summed E-state index contributed by atoms with van der Waals surface area (Å²) in [4.78, 5) is 0. The van der Waals surface area contributed by atoms with E-state index in [0.717, 1.165) is 17.0 Å². The molecule has 0 bridgehead atoms. The lowest BCUT2D eigenvalue weighted by atomic mass is 10.2. The fourth-order valence-corrected chi connectivity index (χ4v) is 2.31. The quantitative estimate of drug-likeness (QED) is 0.793. The van der Waals surface area contributed by atoms with E-state index in [4.69, 9.17) is 16.3 Å². The van der Waals surface area contributed by atoms with Crippen molar-refractivity contribution < 1.29 is 4.74 Å². The molecule has 0 radical (unpaired) electrons. The highest BCUT2D eigenvalue weighted by Crippen LogP contribution is 2.29. The van der Waals surface area contributed by atoms with Crippen LogP contribution in [0.25, 0.3) is 10.9 Å². The third kappa shape index (κ3) is 2.48. The molecule has 0 aliphatic rings. The Balaban J connectivity index is 2.47.